The van der Waals surface area contributed by atoms with Crippen molar-refractivity contribution in [2.45, 2.75) is 16.2 Å². The molecule has 0 fully saturated rings. The third-order valence-corrected chi connectivity index (χ3v) is 10.7. The molecule has 54 heavy (non-hydrogen) atoms. The van der Waals surface area contributed by atoms with Gasteiger partial charge in [0.15, 0.2) is 27.9 Å². The van der Waals surface area contributed by atoms with E-state index in [0.29, 0.717) is 6.07 Å². The molecule has 0 spiro atoms. The third kappa shape index (κ3) is 8.28. The second kappa shape index (κ2) is 15.3. The van der Waals surface area contributed by atoms with Gasteiger partial charge in [0.25, 0.3) is 0 Å². The molecule has 0 bridgehead atoms. The standard InChI is InChI=1S/C30H21F4N3O13S3.Na/c31-17-11-18(32)23(34)26(22(17)33)50-30(40)12-2-3-13(16(10-12)29(38)39)21-14-4-6-19(35)27(52(44,45)37-8-1-9-51(41,42)43)24(14)49-25-15(21)5-7-20(36)28(25)53(46,47)48;/h2-7,10-11,36-37H,1,8-9,35H2,(H,38,39)(H,41,42,43)(H,46,47,48);/q;+1/p-1. The number of hydrogen-bond donors (Lipinski definition) is 4. The summed E-state index contributed by atoms with van der Waals surface area (Å²) in [4.78, 5) is 23.4. The van der Waals surface area contributed by atoms with Crippen LogP contribution in [0.15, 0.2) is 62.7 Å². The first-order valence-corrected chi connectivity index (χ1v) is 18.7. The van der Waals surface area contributed by atoms with E-state index in [-0.39, 0.29) is 52.1 Å². The topological polar surface area (TPSA) is 289 Å². The Morgan fingerprint density at radius 2 is 1.50 bits per heavy atom. The minimum Gasteiger partial charge on any atom is -0.748 e. The number of carbonyl (C=O) groups excluding carboxylic acids is 1. The number of carbonyl (C=O) groups is 2. The fourth-order valence-corrected chi connectivity index (χ4v) is 7.78. The molecule has 0 radical (unpaired) electrons. The maximum Gasteiger partial charge on any atom is 1.00 e. The van der Waals surface area contributed by atoms with Crippen molar-refractivity contribution in [1.29, 1.82) is 0 Å². The first kappa shape index (κ1) is 42.3. The summed E-state index contributed by atoms with van der Waals surface area (Å²) >= 11 is 0. The molecule has 1 aliphatic carbocycles. The van der Waals surface area contributed by atoms with Gasteiger partial charge in [-0.15, -0.1) is 0 Å². The molecule has 5 rings (SSSR count). The quantitative estimate of drug-likeness (QED) is 0.0130. The molecule has 3 aromatic rings. The second-order valence-corrected chi connectivity index (χ2v) is 15.5. The SMILES string of the molecule is Nc1ccc2c(-c3ccc(C(=O)Oc4c(F)c(F)cc(F)c4F)cc3C(=O)O)c3ccc(=[NH2+])c(S(=O)(=O)[O-])c-3oc2c1S(=O)(=O)NCCCS(=O)(=O)[O-].[Na+]. The molecule has 0 amide bonds. The second-order valence-electron chi connectivity index (χ2n) is 10.9. The number of nitrogens with one attached hydrogen (secondary N) is 1. The number of benzene rings is 4. The van der Waals surface area contributed by atoms with Gasteiger partial charge in [0.05, 0.1) is 26.9 Å². The number of hydrogen-bond acceptors (Lipinski definition) is 13. The van der Waals surface area contributed by atoms with Crippen LogP contribution in [-0.2, 0) is 30.3 Å². The van der Waals surface area contributed by atoms with Crippen LogP contribution >= 0.6 is 0 Å². The summed E-state index contributed by atoms with van der Waals surface area (Å²) < 4.78 is 165. The zero-order valence-electron chi connectivity index (χ0n) is 27.0. The number of nitrogen functional groups attached to an aromatic ring is 1. The van der Waals surface area contributed by atoms with Gasteiger partial charge in [0, 0.05) is 40.9 Å². The van der Waals surface area contributed by atoms with Crippen molar-refractivity contribution in [1.82, 2.24) is 4.72 Å². The molecule has 1 heterocycles. The summed E-state index contributed by atoms with van der Waals surface area (Å²) in [5.74, 6) is -15.2. The molecular weight excluding hydrogens is 806 g/mol. The Labute approximate surface area is 323 Å². The maximum absolute atomic E-state index is 14.2. The summed E-state index contributed by atoms with van der Waals surface area (Å²) in [6.45, 7) is -0.635. The summed E-state index contributed by atoms with van der Waals surface area (Å²) in [6.07, 6.45) is -0.500. The van der Waals surface area contributed by atoms with E-state index in [9.17, 15) is 66.6 Å². The Morgan fingerprint density at radius 1 is 0.889 bits per heavy atom. The third-order valence-electron chi connectivity index (χ3n) is 7.43. The van der Waals surface area contributed by atoms with Crippen molar-refractivity contribution in [2.24, 2.45) is 0 Å². The van der Waals surface area contributed by atoms with Crippen LogP contribution in [-0.4, -0.2) is 63.7 Å². The van der Waals surface area contributed by atoms with Crippen molar-refractivity contribution in [3.63, 3.8) is 0 Å². The van der Waals surface area contributed by atoms with Crippen molar-refractivity contribution in [2.75, 3.05) is 18.0 Å². The van der Waals surface area contributed by atoms with Crippen LogP contribution < -0.4 is 55.5 Å². The van der Waals surface area contributed by atoms with Crippen molar-refractivity contribution in [3.05, 3.63) is 88.3 Å². The van der Waals surface area contributed by atoms with Gasteiger partial charge in [-0.1, -0.05) is 6.07 Å². The minimum absolute atomic E-state index is 0. The molecule has 2 aliphatic rings. The van der Waals surface area contributed by atoms with Gasteiger partial charge in [-0.25, -0.2) is 48.3 Å². The number of esters is 1. The van der Waals surface area contributed by atoms with Crippen LogP contribution in [0.5, 0.6) is 5.75 Å². The molecule has 16 nitrogen and oxygen atoms in total. The number of rotatable bonds is 11. The zero-order valence-corrected chi connectivity index (χ0v) is 31.4. The molecule has 24 heteroatoms. The molecule has 6 N–H and O–H groups in total. The van der Waals surface area contributed by atoms with Crippen molar-refractivity contribution in [3.8, 4) is 28.2 Å². The smallest absolute Gasteiger partial charge is 0.748 e. The van der Waals surface area contributed by atoms with E-state index >= 15 is 0 Å². The number of aromatic carboxylic acids is 1. The molecule has 3 aromatic carbocycles. The monoisotopic (exact) mass is 825 g/mol. The number of anilines is 1. The number of fused-ring (bicyclic) bond motifs is 2. The summed E-state index contributed by atoms with van der Waals surface area (Å²) in [5.41, 5.74) is 1.89. The Morgan fingerprint density at radius 3 is 2.07 bits per heavy atom. The summed E-state index contributed by atoms with van der Waals surface area (Å²) in [6, 6.07) is 6.30. The fraction of sp³-hybridized carbons (Fsp3) is 0.100. The Bertz CT molecular complexity index is 2740. The average molecular weight is 826 g/mol. The summed E-state index contributed by atoms with van der Waals surface area (Å²) in [5, 5.41) is 15.0. The van der Waals surface area contributed by atoms with Gasteiger partial charge in [-0.05, 0) is 42.3 Å². The van der Waals surface area contributed by atoms with E-state index in [2.05, 4.69) is 4.74 Å². The average Bonchev–Trinajstić information content (AvgIpc) is 3.05. The molecule has 280 valence electrons. The van der Waals surface area contributed by atoms with E-state index in [4.69, 9.17) is 15.6 Å². The number of ether oxygens (including phenoxy) is 1. The van der Waals surface area contributed by atoms with Crippen LogP contribution in [0.1, 0.15) is 27.1 Å². The predicted molar refractivity (Wildman–Crippen MR) is 168 cm³/mol. The van der Waals surface area contributed by atoms with Crippen LogP contribution in [0.25, 0.3) is 33.4 Å². The van der Waals surface area contributed by atoms with Crippen LogP contribution in [0.2, 0.25) is 0 Å². The van der Waals surface area contributed by atoms with Gasteiger partial charge in [-0.3, -0.25) is 5.41 Å². The first-order chi connectivity index (χ1) is 24.5. The number of carboxylic acids is 1. The molecule has 0 saturated heterocycles. The number of carboxylic acid groups (broad SMARTS) is 1. The predicted octanol–water partition coefficient (Wildman–Crippen LogP) is -1.96. The Balaban J connectivity index is 0.00000650. The van der Waals surface area contributed by atoms with Gasteiger partial charge in [-0.2, -0.15) is 8.78 Å². The van der Waals surface area contributed by atoms with Gasteiger partial charge in [0.1, 0.15) is 15.0 Å². The number of halogens is 4. The number of nitrogens with two attached hydrogens (primary N) is 2. The first-order valence-electron chi connectivity index (χ1n) is 14.3. The number of sulfonamides is 1. The molecule has 0 saturated carbocycles. The summed E-state index contributed by atoms with van der Waals surface area (Å²) in [7, 11) is -15.2. The molecule has 0 aromatic heterocycles. The molecule has 0 unspecified atom stereocenters. The zero-order chi connectivity index (χ0) is 39.4. The maximum atomic E-state index is 14.2. The van der Waals surface area contributed by atoms with E-state index < -0.39 is 139 Å². The largest absolute Gasteiger partial charge is 1.00 e. The van der Waals surface area contributed by atoms with Crippen LogP contribution in [0.4, 0.5) is 23.2 Å². The molecule has 1 aliphatic heterocycles. The molecule has 0 atom stereocenters. The van der Waals surface area contributed by atoms with Gasteiger partial charge in [0.2, 0.25) is 32.8 Å². The van der Waals surface area contributed by atoms with Gasteiger partial charge < -0.3 is 29.1 Å². The van der Waals surface area contributed by atoms with E-state index in [1.165, 1.54) is 0 Å². The Hall–Kier alpha value is -4.46. The molecular formula is C30H20F4N3NaO13S3. The normalized spacial score (nSPS) is 12.1. The van der Waals surface area contributed by atoms with E-state index in [0.717, 1.165) is 36.4 Å². The minimum atomic E-state index is -5.55. The van der Waals surface area contributed by atoms with E-state index in [1.54, 1.807) is 0 Å². The fourth-order valence-electron chi connectivity index (χ4n) is 5.21. The van der Waals surface area contributed by atoms with Crippen molar-refractivity contribution < 1.29 is 111 Å². The Kier molecular flexibility index (Phi) is 12.0. The van der Waals surface area contributed by atoms with E-state index in [1.807, 2.05) is 4.72 Å². The van der Waals surface area contributed by atoms with Gasteiger partial charge >= 0.3 is 41.5 Å². The van der Waals surface area contributed by atoms with Crippen LogP contribution in [0, 0.1) is 23.3 Å². The van der Waals surface area contributed by atoms with Crippen molar-refractivity contribution >= 4 is 58.9 Å². The van der Waals surface area contributed by atoms with Crippen LogP contribution in [0.3, 0.4) is 0 Å².